The molecule has 0 saturated carbocycles. The van der Waals surface area contributed by atoms with Crippen molar-refractivity contribution >= 4 is 23.4 Å². The molecule has 2 amide bonds. The van der Waals surface area contributed by atoms with E-state index in [0.717, 1.165) is 38.8 Å². The van der Waals surface area contributed by atoms with Gasteiger partial charge in [-0.3, -0.25) is 19.6 Å². The van der Waals surface area contributed by atoms with Crippen molar-refractivity contribution in [1.82, 2.24) is 25.3 Å². The van der Waals surface area contributed by atoms with Gasteiger partial charge in [-0.05, 0) is 32.2 Å². The topological polar surface area (TPSA) is 90.6 Å². The van der Waals surface area contributed by atoms with E-state index in [1.807, 2.05) is 4.90 Å². The van der Waals surface area contributed by atoms with E-state index in [-0.39, 0.29) is 17.7 Å². The number of methoxy groups -OCH3 is 1. The molecule has 0 radical (unpaired) electrons. The third kappa shape index (κ3) is 5.00. The molecule has 3 heterocycles. The van der Waals surface area contributed by atoms with E-state index < -0.39 is 0 Å². The van der Waals surface area contributed by atoms with E-state index in [1.165, 1.54) is 6.20 Å². The molecule has 8 nitrogen and oxygen atoms in total. The summed E-state index contributed by atoms with van der Waals surface area (Å²) >= 11 is 6.00. The maximum Gasteiger partial charge on any atom is 0.273 e. The molecule has 2 aliphatic heterocycles. The number of H-pyrrole nitrogens is 1. The molecule has 2 fully saturated rings. The zero-order valence-corrected chi connectivity index (χ0v) is 16.5. The lowest BCUT2D eigenvalue weighted by atomic mass is 9.93. The number of carbonyl (C=O) groups excluding carboxylic acids is 2. The number of piperidine rings is 2. The van der Waals surface area contributed by atoms with Crippen molar-refractivity contribution < 1.29 is 14.3 Å². The van der Waals surface area contributed by atoms with Gasteiger partial charge in [-0.15, -0.1) is 0 Å². The number of hydrogen-bond acceptors (Lipinski definition) is 5. The minimum absolute atomic E-state index is 0.0408. The molecule has 3 rings (SSSR count). The number of rotatable bonds is 6. The molecule has 1 aromatic rings. The molecule has 2 saturated heterocycles. The molecule has 9 heteroatoms. The molecule has 1 aromatic heterocycles. The van der Waals surface area contributed by atoms with Gasteiger partial charge in [0.1, 0.15) is 5.69 Å². The van der Waals surface area contributed by atoms with Gasteiger partial charge in [0.15, 0.2) is 0 Å². The number of nitrogens with zero attached hydrogens (tertiary/aromatic N) is 3. The average Bonchev–Trinajstić information content (AvgIpc) is 3.13. The van der Waals surface area contributed by atoms with Gasteiger partial charge in [0, 0.05) is 39.3 Å². The molecule has 2 aliphatic rings. The molecule has 0 aliphatic carbocycles. The monoisotopic (exact) mass is 397 g/mol. The Labute approximate surface area is 164 Å². The van der Waals surface area contributed by atoms with Gasteiger partial charge in [0.05, 0.1) is 23.7 Å². The predicted octanol–water partition coefficient (Wildman–Crippen LogP) is 1.14. The zero-order chi connectivity index (χ0) is 19.2. The minimum atomic E-state index is -0.0926. The van der Waals surface area contributed by atoms with Crippen molar-refractivity contribution in [2.45, 2.75) is 31.7 Å². The van der Waals surface area contributed by atoms with E-state index >= 15 is 0 Å². The van der Waals surface area contributed by atoms with Crippen LogP contribution < -0.4 is 5.32 Å². The maximum atomic E-state index is 12.5. The lowest BCUT2D eigenvalue weighted by molar-refractivity contribution is -0.127. The summed E-state index contributed by atoms with van der Waals surface area (Å²) in [5.74, 6) is 0.0716. The van der Waals surface area contributed by atoms with Crippen LogP contribution in [-0.2, 0) is 9.53 Å². The highest BCUT2D eigenvalue weighted by Gasteiger charge is 2.33. The lowest BCUT2D eigenvalue weighted by Gasteiger charge is -2.42. The number of halogens is 1. The number of amides is 2. The molecule has 1 atom stereocenters. The highest BCUT2D eigenvalue weighted by atomic mass is 35.5. The molecule has 0 bridgehead atoms. The van der Waals surface area contributed by atoms with Crippen LogP contribution in [-0.4, -0.2) is 84.3 Å². The van der Waals surface area contributed by atoms with Crippen molar-refractivity contribution in [3.05, 3.63) is 16.9 Å². The first-order chi connectivity index (χ1) is 13.1. The quantitative estimate of drug-likeness (QED) is 0.702. The summed E-state index contributed by atoms with van der Waals surface area (Å²) in [7, 11) is 1.63. The molecule has 150 valence electrons. The molecule has 1 unspecified atom stereocenters. The first-order valence-corrected chi connectivity index (χ1v) is 9.96. The fraction of sp³-hybridized carbons (Fsp3) is 0.722. The Bertz CT molecular complexity index is 645. The zero-order valence-electron chi connectivity index (χ0n) is 15.7. The summed E-state index contributed by atoms with van der Waals surface area (Å²) in [6.07, 6.45) is 5.24. The maximum absolute atomic E-state index is 12.5. The van der Waals surface area contributed by atoms with Crippen LogP contribution in [0.25, 0.3) is 0 Å². The number of nitrogens with one attached hydrogen (secondary N) is 2. The second-order valence-corrected chi connectivity index (χ2v) is 7.64. The van der Waals surface area contributed by atoms with Crippen LogP contribution in [0.4, 0.5) is 0 Å². The summed E-state index contributed by atoms with van der Waals surface area (Å²) in [6.45, 7) is 4.30. The van der Waals surface area contributed by atoms with Crippen molar-refractivity contribution in [1.29, 1.82) is 0 Å². The summed E-state index contributed by atoms with van der Waals surface area (Å²) in [5, 5.41) is 9.81. The fourth-order valence-electron chi connectivity index (χ4n) is 3.99. The summed E-state index contributed by atoms with van der Waals surface area (Å²) in [6, 6.07) is 0.417. The average molecular weight is 398 g/mol. The number of hydrogen-bond donors (Lipinski definition) is 2. The Kier molecular flexibility index (Phi) is 7.09. The molecule has 2 N–H and O–H groups in total. The molecular weight excluding hydrogens is 370 g/mol. The second kappa shape index (κ2) is 9.52. The Hall–Kier alpha value is -1.64. The SMILES string of the molecule is COCCNC(=O)C1CCCN(C2CCN(C(=O)c3[nH]ncc3Cl)CC2)C1. The van der Waals surface area contributed by atoms with Gasteiger partial charge in [-0.2, -0.15) is 5.10 Å². The van der Waals surface area contributed by atoms with Crippen molar-refractivity contribution in [2.24, 2.45) is 5.92 Å². The van der Waals surface area contributed by atoms with E-state index in [9.17, 15) is 9.59 Å². The van der Waals surface area contributed by atoms with Gasteiger partial charge in [-0.25, -0.2) is 0 Å². The number of likely N-dealkylation sites (tertiary alicyclic amines) is 2. The van der Waals surface area contributed by atoms with Crippen molar-refractivity contribution in [2.75, 3.05) is 46.4 Å². The van der Waals surface area contributed by atoms with Crippen LogP contribution in [0.15, 0.2) is 6.20 Å². The summed E-state index contributed by atoms with van der Waals surface area (Å²) < 4.78 is 4.99. The molecular formula is C18H28ClN5O3. The number of carbonyl (C=O) groups is 2. The van der Waals surface area contributed by atoms with Crippen LogP contribution >= 0.6 is 11.6 Å². The van der Waals surface area contributed by atoms with E-state index in [1.54, 1.807) is 7.11 Å². The van der Waals surface area contributed by atoms with Gasteiger partial charge in [-0.1, -0.05) is 11.6 Å². The van der Waals surface area contributed by atoms with Crippen LogP contribution in [0.2, 0.25) is 5.02 Å². The Balaban J connectivity index is 1.48. The highest BCUT2D eigenvalue weighted by molar-refractivity contribution is 6.33. The largest absolute Gasteiger partial charge is 0.383 e. The van der Waals surface area contributed by atoms with Crippen LogP contribution in [0.3, 0.4) is 0 Å². The molecule has 27 heavy (non-hydrogen) atoms. The van der Waals surface area contributed by atoms with E-state index in [0.29, 0.717) is 43.0 Å². The first-order valence-electron chi connectivity index (χ1n) is 9.59. The van der Waals surface area contributed by atoms with Gasteiger partial charge < -0.3 is 15.0 Å². The first kappa shape index (κ1) is 20.1. The van der Waals surface area contributed by atoms with Crippen LogP contribution in [0.1, 0.15) is 36.2 Å². The predicted molar refractivity (Wildman–Crippen MR) is 102 cm³/mol. The van der Waals surface area contributed by atoms with Crippen LogP contribution in [0, 0.1) is 5.92 Å². The summed E-state index contributed by atoms with van der Waals surface area (Å²) in [5.41, 5.74) is 0.362. The van der Waals surface area contributed by atoms with E-state index in [4.69, 9.17) is 16.3 Å². The van der Waals surface area contributed by atoms with E-state index in [2.05, 4.69) is 20.4 Å². The molecule has 0 aromatic carbocycles. The Morgan fingerprint density at radius 2 is 2.11 bits per heavy atom. The number of aromatic amines is 1. The fourth-order valence-corrected chi connectivity index (χ4v) is 4.16. The minimum Gasteiger partial charge on any atom is -0.383 e. The van der Waals surface area contributed by atoms with Crippen LogP contribution in [0.5, 0.6) is 0 Å². The standard InChI is InChI=1S/C18H28ClN5O3/c1-27-10-6-20-17(25)13-3-2-7-24(12-13)14-4-8-23(9-5-14)18(26)16-15(19)11-21-22-16/h11,13-14H,2-10,12H2,1H3,(H,20,25)(H,21,22). The number of aromatic nitrogens is 2. The highest BCUT2D eigenvalue weighted by Crippen LogP contribution is 2.25. The third-order valence-corrected chi connectivity index (χ3v) is 5.79. The van der Waals surface area contributed by atoms with Gasteiger partial charge >= 0.3 is 0 Å². The second-order valence-electron chi connectivity index (χ2n) is 7.23. The van der Waals surface area contributed by atoms with Gasteiger partial charge in [0.2, 0.25) is 5.91 Å². The smallest absolute Gasteiger partial charge is 0.273 e. The normalized spacial score (nSPS) is 22.0. The summed E-state index contributed by atoms with van der Waals surface area (Å²) in [4.78, 5) is 29.1. The Morgan fingerprint density at radius 3 is 2.78 bits per heavy atom. The lowest BCUT2D eigenvalue weighted by Crippen LogP contribution is -2.51. The Morgan fingerprint density at radius 1 is 1.33 bits per heavy atom. The molecule has 0 spiro atoms. The third-order valence-electron chi connectivity index (χ3n) is 5.50. The van der Waals surface area contributed by atoms with Crippen molar-refractivity contribution in [3.63, 3.8) is 0 Å². The van der Waals surface area contributed by atoms with Crippen molar-refractivity contribution in [3.8, 4) is 0 Å². The van der Waals surface area contributed by atoms with Gasteiger partial charge in [0.25, 0.3) is 5.91 Å². The number of ether oxygens (including phenoxy) is 1.